The molecule has 4 atom stereocenters. The van der Waals surface area contributed by atoms with E-state index in [-0.39, 0.29) is 11.7 Å². The molecule has 2 amide bonds. The zero-order valence-electron chi connectivity index (χ0n) is 17.8. The van der Waals surface area contributed by atoms with Crippen LogP contribution in [-0.2, 0) is 9.59 Å². The van der Waals surface area contributed by atoms with Crippen LogP contribution < -0.4 is 9.80 Å². The lowest BCUT2D eigenvalue weighted by Crippen LogP contribution is -2.48. The number of ketones is 1. The number of imide groups is 1. The number of anilines is 2. The van der Waals surface area contributed by atoms with Crippen LogP contribution in [0.4, 0.5) is 11.4 Å². The number of rotatable bonds is 3. The van der Waals surface area contributed by atoms with Gasteiger partial charge in [0.1, 0.15) is 6.04 Å². The lowest BCUT2D eigenvalue weighted by molar-refractivity contribution is -0.122. The summed E-state index contributed by atoms with van der Waals surface area (Å²) in [5, 5.41) is 0.827. The molecule has 0 aromatic heterocycles. The summed E-state index contributed by atoms with van der Waals surface area (Å²) in [5.74, 6) is -2.51. The van der Waals surface area contributed by atoms with Crippen molar-refractivity contribution in [1.29, 1.82) is 0 Å². The Labute approximate surface area is 206 Å². The zero-order valence-corrected chi connectivity index (χ0v) is 19.3. The average Bonchev–Trinajstić information content (AvgIpc) is 3.32. The van der Waals surface area contributed by atoms with Gasteiger partial charge in [-0.15, -0.1) is 0 Å². The van der Waals surface area contributed by atoms with Crippen LogP contribution in [0, 0.1) is 11.8 Å². The number of nitrogens with zero attached hydrogens (tertiary/aromatic N) is 2. The van der Waals surface area contributed by atoms with Crippen LogP contribution in [0.15, 0.2) is 78.9 Å². The average molecular weight is 489 g/mol. The van der Waals surface area contributed by atoms with E-state index >= 15 is 0 Å². The molecule has 6 rings (SSSR count). The number of carbonyl (C=O) groups excluding carboxylic acids is 3. The highest BCUT2D eigenvalue weighted by Gasteiger charge is 2.64. The number of Topliss-reactive ketones (excluding diaryl/α,β-unsaturated/α-hetero) is 1. The summed E-state index contributed by atoms with van der Waals surface area (Å²) in [4.78, 5) is 44.6. The molecule has 0 aliphatic carbocycles. The second-order valence-electron chi connectivity index (χ2n) is 8.65. The minimum Gasteiger partial charge on any atom is -0.352 e. The first-order valence-electron chi connectivity index (χ1n) is 10.9. The molecule has 34 heavy (non-hydrogen) atoms. The molecule has 3 aliphatic rings. The Morgan fingerprint density at radius 2 is 1.41 bits per heavy atom. The molecular formula is C27H18Cl2N2O3. The van der Waals surface area contributed by atoms with Crippen molar-refractivity contribution in [2.45, 2.75) is 12.1 Å². The summed E-state index contributed by atoms with van der Waals surface area (Å²) in [5.41, 5.74) is 2.56. The molecule has 2 fully saturated rings. The van der Waals surface area contributed by atoms with Gasteiger partial charge in [-0.25, -0.2) is 4.90 Å². The van der Waals surface area contributed by atoms with Gasteiger partial charge in [-0.2, -0.15) is 0 Å². The molecule has 0 spiro atoms. The molecule has 5 nitrogen and oxygen atoms in total. The zero-order chi connectivity index (χ0) is 23.6. The van der Waals surface area contributed by atoms with Gasteiger partial charge < -0.3 is 4.90 Å². The van der Waals surface area contributed by atoms with Crippen molar-refractivity contribution in [2.24, 2.45) is 11.8 Å². The number of benzene rings is 3. The molecule has 3 aromatic rings. The molecule has 168 valence electrons. The maximum atomic E-state index is 13.9. The molecular weight excluding hydrogens is 471 g/mol. The molecule has 7 heteroatoms. The summed E-state index contributed by atoms with van der Waals surface area (Å²) < 4.78 is 0. The molecule has 0 unspecified atom stereocenters. The Kier molecular flexibility index (Phi) is 4.87. The van der Waals surface area contributed by atoms with Gasteiger partial charge in [-0.05, 0) is 48.0 Å². The number of halogens is 2. The van der Waals surface area contributed by atoms with Crippen molar-refractivity contribution in [3.8, 4) is 0 Å². The van der Waals surface area contributed by atoms with Gasteiger partial charge in [0.25, 0.3) is 0 Å². The Bertz CT molecular complexity index is 1380. The molecule has 3 aromatic carbocycles. The Morgan fingerprint density at radius 1 is 0.765 bits per heavy atom. The fourth-order valence-corrected chi connectivity index (χ4v) is 5.82. The topological polar surface area (TPSA) is 57.7 Å². The Morgan fingerprint density at radius 3 is 2.15 bits per heavy atom. The standard InChI is InChI=1S/C27H18Cl2N2O3/c28-17-12-9-16(10-13-17)25(32)24-23-22(21-14-11-15-5-1-3-7-19(15)30(21)24)26(33)31(27(23)34)20-8-4-2-6-18(20)29/h1-14,21-24H/t21-,22+,23+,24-/m0/s1. The number of fused-ring (bicyclic) bond motifs is 5. The van der Waals surface area contributed by atoms with E-state index in [0.717, 1.165) is 16.2 Å². The first kappa shape index (κ1) is 21.1. The van der Waals surface area contributed by atoms with Crippen molar-refractivity contribution >= 4 is 58.3 Å². The van der Waals surface area contributed by atoms with Crippen LogP contribution in [0.25, 0.3) is 6.08 Å². The first-order chi connectivity index (χ1) is 16.5. The van der Waals surface area contributed by atoms with E-state index in [2.05, 4.69) is 0 Å². The molecule has 0 bridgehead atoms. The molecule has 0 N–H and O–H groups in total. The molecule has 3 heterocycles. The number of amides is 2. The fraction of sp³-hybridized carbons (Fsp3) is 0.148. The first-order valence-corrected chi connectivity index (χ1v) is 11.7. The van der Waals surface area contributed by atoms with E-state index in [9.17, 15) is 14.4 Å². The van der Waals surface area contributed by atoms with E-state index in [0.29, 0.717) is 21.3 Å². The maximum absolute atomic E-state index is 13.9. The van der Waals surface area contributed by atoms with Crippen LogP contribution in [0.1, 0.15) is 15.9 Å². The molecule has 0 radical (unpaired) electrons. The van der Waals surface area contributed by atoms with Crippen LogP contribution in [0.5, 0.6) is 0 Å². The quantitative estimate of drug-likeness (QED) is 0.372. The monoisotopic (exact) mass is 488 g/mol. The third-order valence-corrected chi connectivity index (χ3v) is 7.48. The second-order valence-corrected chi connectivity index (χ2v) is 9.49. The van der Waals surface area contributed by atoms with Crippen LogP contribution in [-0.4, -0.2) is 29.7 Å². The minimum absolute atomic E-state index is 0.221. The number of hydrogen-bond donors (Lipinski definition) is 0. The summed E-state index contributed by atoms with van der Waals surface area (Å²) in [7, 11) is 0. The SMILES string of the molecule is O=C(c1ccc(Cl)cc1)[C@@H]1[C@@H]2C(=O)N(c3ccccc3Cl)C(=O)[C@@H]2[C@@H]2C=Cc3ccccc3N12. The summed E-state index contributed by atoms with van der Waals surface area (Å²) in [6, 6.07) is 19.8. The highest BCUT2D eigenvalue weighted by molar-refractivity contribution is 6.36. The summed E-state index contributed by atoms with van der Waals surface area (Å²) in [6.45, 7) is 0. The van der Waals surface area contributed by atoms with Crippen molar-refractivity contribution in [3.63, 3.8) is 0 Å². The van der Waals surface area contributed by atoms with Gasteiger partial charge in [0.15, 0.2) is 5.78 Å². The van der Waals surface area contributed by atoms with Gasteiger partial charge >= 0.3 is 0 Å². The lowest BCUT2D eigenvalue weighted by atomic mass is 9.86. The van der Waals surface area contributed by atoms with Gasteiger partial charge in [0, 0.05) is 16.3 Å². The van der Waals surface area contributed by atoms with E-state index in [1.807, 2.05) is 41.3 Å². The Balaban J connectivity index is 1.51. The number of para-hydroxylation sites is 2. The van der Waals surface area contributed by atoms with Crippen molar-refractivity contribution < 1.29 is 14.4 Å². The largest absolute Gasteiger partial charge is 0.352 e. The van der Waals surface area contributed by atoms with E-state index in [1.54, 1.807) is 48.5 Å². The van der Waals surface area contributed by atoms with Crippen LogP contribution in [0.3, 0.4) is 0 Å². The highest BCUT2D eigenvalue weighted by atomic mass is 35.5. The predicted molar refractivity (Wildman–Crippen MR) is 132 cm³/mol. The van der Waals surface area contributed by atoms with Crippen molar-refractivity contribution in [2.75, 3.05) is 9.80 Å². The highest BCUT2D eigenvalue weighted by Crippen LogP contribution is 2.50. The van der Waals surface area contributed by atoms with Crippen molar-refractivity contribution in [1.82, 2.24) is 0 Å². The van der Waals surface area contributed by atoms with Gasteiger partial charge in [-0.3, -0.25) is 14.4 Å². The fourth-order valence-electron chi connectivity index (χ4n) is 5.47. The third kappa shape index (κ3) is 2.97. The van der Waals surface area contributed by atoms with E-state index in [4.69, 9.17) is 23.2 Å². The van der Waals surface area contributed by atoms with Crippen molar-refractivity contribution in [3.05, 3.63) is 100 Å². The molecule has 3 aliphatic heterocycles. The van der Waals surface area contributed by atoms with Crippen LogP contribution >= 0.6 is 23.2 Å². The lowest BCUT2D eigenvalue weighted by Gasteiger charge is -2.36. The number of carbonyl (C=O) groups is 3. The maximum Gasteiger partial charge on any atom is 0.240 e. The molecule has 2 saturated heterocycles. The van der Waals surface area contributed by atoms with Gasteiger partial charge in [0.05, 0.1) is 28.6 Å². The van der Waals surface area contributed by atoms with Crippen LogP contribution in [0.2, 0.25) is 10.0 Å². The van der Waals surface area contributed by atoms with Gasteiger partial charge in [0.2, 0.25) is 11.8 Å². The number of hydrogen-bond acceptors (Lipinski definition) is 4. The molecule has 0 saturated carbocycles. The second kappa shape index (κ2) is 7.83. The Hall–Kier alpha value is -3.41. The summed E-state index contributed by atoms with van der Waals surface area (Å²) in [6.07, 6.45) is 3.88. The summed E-state index contributed by atoms with van der Waals surface area (Å²) >= 11 is 12.4. The smallest absolute Gasteiger partial charge is 0.240 e. The minimum atomic E-state index is -0.841. The normalized spacial score (nSPS) is 24.8. The predicted octanol–water partition coefficient (Wildman–Crippen LogP) is 5.27. The van der Waals surface area contributed by atoms with E-state index in [1.165, 1.54) is 0 Å². The van der Waals surface area contributed by atoms with Gasteiger partial charge in [-0.1, -0.05) is 65.7 Å². The van der Waals surface area contributed by atoms with E-state index < -0.39 is 29.8 Å². The third-order valence-electron chi connectivity index (χ3n) is 6.91.